The number of halogens is 1. The Kier molecular flexibility index (Phi) is 4.12. The van der Waals surface area contributed by atoms with Crippen molar-refractivity contribution in [3.63, 3.8) is 0 Å². The minimum atomic E-state index is -3.96. The molecule has 104 valence electrons. The van der Waals surface area contributed by atoms with E-state index < -0.39 is 9.05 Å². The molecule has 0 saturated heterocycles. The van der Waals surface area contributed by atoms with Gasteiger partial charge in [0.15, 0.2) is 5.82 Å². The van der Waals surface area contributed by atoms with Crippen LogP contribution in [0.25, 0.3) is 0 Å². The minimum absolute atomic E-state index is 0.239. The van der Waals surface area contributed by atoms with Crippen molar-refractivity contribution in [3.05, 3.63) is 18.5 Å². The van der Waals surface area contributed by atoms with E-state index in [0.717, 1.165) is 0 Å². The van der Waals surface area contributed by atoms with E-state index in [2.05, 4.69) is 20.3 Å². The third kappa shape index (κ3) is 3.28. The van der Waals surface area contributed by atoms with Gasteiger partial charge in [0, 0.05) is 17.8 Å². The average Bonchev–Trinajstić information content (AvgIpc) is 2.96. The molecule has 0 radical (unpaired) electrons. The van der Waals surface area contributed by atoms with Gasteiger partial charge in [0.05, 0.1) is 13.2 Å². The zero-order valence-electron chi connectivity index (χ0n) is 9.97. The van der Waals surface area contributed by atoms with E-state index in [1.54, 1.807) is 0 Å². The maximum Gasteiger partial charge on any atom is 0.296 e. The van der Waals surface area contributed by atoms with Crippen molar-refractivity contribution >= 4 is 19.7 Å². The molecule has 0 saturated carbocycles. The summed E-state index contributed by atoms with van der Waals surface area (Å²) in [5.74, 6) is 0.404. The first-order chi connectivity index (χ1) is 9.02. The summed E-state index contributed by atoms with van der Waals surface area (Å²) in [7, 11) is 2.86. The van der Waals surface area contributed by atoms with E-state index in [4.69, 9.17) is 15.4 Å². The molecule has 2 aromatic heterocycles. The van der Waals surface area contributed by atoms with Crippen LogP contribution in [0.15, 0.2) is 17.8 Å². The van der Waals surface area contributed by atoms with Gasteiger partial charge in [-0.3, -0.25) is 4.57 Å². The predicted molar refractivity (Wildman–Crippen MR) is 64.1 cm³/mol. The van der Waals surface area contributed by atoms with Gasteiger partial charge in [-0.15, -0.1) is 10.2 Å². The molecule has 0 unspecified atom stereocenters. The summed E-state index contributed by atoms with van der Waals surface area (Å²) in [6.45, 7) is 0.819. The van der Waals surface area contributed by atoms with Crippen LogP contribution in [0.5, 0.6) is 0 Å². The third-order valence-corrected chi connectivity index (χ3v) is 3.45. The highest BCUT2D eigenvalue weighted by atomic mass is 35.7. The standard InChI is InChI=1S/C8H11ClN6O3S/c1-18-3-2-15-7(4-14-6-10-5-11-14)12-13-8(15)19(9,16)17/h5-6H,2-4H2,1H3. The molecule has 2 aromatic rings. The van der Waals surface area contributed by atoms with Crippen LogP contribution >= 0.6 is 10.7 Å². The first kappa shape index (κ1) is 13.9. The Morgan fingerprint density at radius 1 is 1.42 bits per heavy atom. The molecule has 0 amide bonds. The van der Waals surface area contributed by atoms with Crippen molar-refractivity contribution in [2.45, 2.75) is 18.2 Å². The molecule has 0 fully saturated rings. The van der Waals surface area contributed by atoms with Crippen molar-refractivity contribution < 1.29 is 13.2 Å². The van der Waals surface area contributed by atoms with Crippen LogP contribution in [0, 0.1) is 0 Å². The van der Waals surface area contributed by atoms with E-state index in [-0.39, 0.29) is 18.2 Å². The lowest BCUT2D eigenvalue weighted by Crippen LogP contribution is -2.15. The first-order valence-corrected chi connectivity index (χ1v) is 7.51. The number of methoxy groups -OCH3 is 1. The Morgan fingerprint density at radius 2 is 2.21 bits per heavy atom. The largest absolute Gasteiger partial charge is 0.383 e. The van der Waals surface area contributed by atoms with E-state index in [1.807, 2.05) is 0 Å². The number of hydrogen-bond donors (Lipinski definition) is 0. The van der Waals surface area contributed by atoms with Crippen LogP contribution < -0.4 is 0 Å². The SMILES string of the molecule is COCCn1c(Cn2cncn2)nnc1S(=O)(=O)Cl. The minimum Gasteiger partial charge on any atom is -0.383 e. The van der Waals surface area contributed by atoms with Crippen LogP contribution in [0.2, 0.25) is 0 Å². The molecule has 0 aliphatic heterocycles. The van der Waals surface area contributed by atoms with Gasteiger partial charge in [0.25, 0.3) is 14.2 Å². The Labute approximate surface area is 113 Å². The predicted octanol–water partition coefficient (Wildman–Crippen LogP) is -0.508. The molecule has 19 heavy (non-hydrogen) atoms. The molecule has 0 bridgehead atoms. The maximum absolute atomic E-state index is 11.4. The van der Waals surface area contributed by atoms with Crippen molar-refractivity contribution in [2.75, 3.05) is 13.7 Å². The van der Waals surface area contributed by atoms with Crippen molar-refractivity contribution in [1.82, 2.24) is 29.5 Å². The Bertz CT molecular complexity index is 637. The number of aromatic nitrogens is 6. The second-order valence-corrected chi connectivity index (χ2v) is 6.03. The lowest BCUT2D eigenvalue weighted by Gasteiger charge is -2.07. The van der Waals surface area contributed by atoms with Gasteiger partial charge in [-0.05, 0) is 0 Å². The number of nitrogens with zero attached hydrogens (tertiary/aromatic N) is 6. The van der Waals surface area contributed by atoms with Gasteiger partial charge >= 0.3 is 0 Å². The molecule has 11 heteroatoms. The van der Waals surface area contributed by atoms with Gasteiger partial charge in [-0.1, -0.05) is 0 Å². The molecule has 0 spiro atoms. The van der Waals surface area contributed by atoms with Crippen molar-refractivity contribution in [3.8, 4) is 0 Å². The van der Waals surface area contributed by atoms with E-state index in [1.165, 1.54) is 29.0 Å². The maximum atomic E-state index is 11.4. The highest BCUT2D eigenvalue weighted by Gasteiger charge is 2.22. The topological polar surface area (TPSA) is 105 Å². The summed E-state index contributed by atoms with van der Waals surface area (Å²) in [6, 6.07) is 0. The zero-order valence-corrected chi connectivity index (χ0v) is 11.5. The molecular formula is C8H11ClN6O3S. The highest BCUT2D eigenvalue weighted by molar-refractivity contribution is 8.13. The second-order valence-electron chi connectivity index (χ2n) is 3.57. The third-order valence-electron chi connectivity index (χ3n) is 2.30. The fraction of sp³-hybridized carbons (Fsp3) is 0.500. The van der Waals surface area contributed by atoms with Crippen LogP contribution in [0.3, 0.4) is 0 Å². The van der Waals surface area contributed by atoms with Gasteiger partial charge in [-0.2, -0.15) is 5.10 Å². The van der Waals surface area contributed by atoms with Crippen molar-refractivity contribution in [1.29, 1.82) is 0 Å². The zero-order chi connectivity index (χ0) is 13.9. The Balaban J connectivity index is 2.35. The fourth-order valence-corrected chi connectivity index (χ4v) is 2.42. The lowest BCUT2D eigenvalue weighted by molar-refractivity contribution is 0.183. The van der Waals surface area contributed by atoms with Crippen LogP contribution in [-0.4, -0.2) is 51.7 Å². The first-order valence-electron chi connectivity index (χ1n) is 5.20. The van der Waals surface area contributed by atoms with Crippen LogP contribution in [0.1, 0.15) is 5.82 Å². The summed E-state index contributed by atoms with van der Waals surface area (Å²) in [4.78, 5) is 3.79. The summed E-state index contributed by atoms with van der Waals surface area (Å²) in [5.41, 5.74) is 0. The molecule has 0 aliphatic rings. The molecule has 2 rings (SSSR count). The summed E-state index contributed by atoms with van der Waals surface area (Å²) in [5, 5.41) is 11.0. The summed E-state index contributed by atoms with van der Waals surface area (Å²) in [6.07, 6.45) is 2.86. The molecule has 0 aromatic carbocycles. The molecule has 0 aliphatic carbocycles. The smallest absolute Gasteiger partial charge is 0.296 e. The van der Waals surface area contributed by atoms with E-state index in [9.17, 15) is 8.42 Å². The van der Waals surface area contributed by atoms with Gasteiger partial charge in [-0.25, -0.2) is 18.1 Å². The number of rotatable bonds is 6. The quantitative estimate of drug-likeness (QED) is 0.662. The molecule has 0 N–H and O–H groups in total. The monoisotopic (exact) mass is 306 g/mol. The number of ether oxygens (including phenoxy) is 1. The van der Waals surface area contributed by atoms with Crippen molar-refractivity contribution in [2.24, 2.45) is 0 Å². The number of hydrogen-bond acceptors (Lipinski definition) is 7. The highest BCUT2D eigenvalue weighted by Crippen LogP contribution is 2.14. The Morgan fingerprint density at radius 3 is 2.79 bits per heavy atom. The van der Waals surface area contributed by atoms with E-state index >= 15 is 0 Å². The van der Waals surface area contributed by atoms with Gasteiger partial charge < -0.3 is 4.74 Å². The summed E-state index contributed by atoms with van der Waals surface area (Å²) >= 11 is 0. The van der Waals surface area contributed by atoms with Gasteiger partial charge in [0.2, 0.25) is 0 Å². The van der Waals surface area contributed by atoms with E-state index in [0.29, 0.717) is 12.4 Å². The summed E-state index contributed by atoms with van der Waals surface area (Å²) < 4.78 is 30.6. The lowest BCUT2D eigenvalue weighted by atomic mass is 10.5. The van der Waals surface area contributed by atoms with Gasteiger partial charge in [0.1, 0.15) is 19.2 Å². The fourth-order valence-electron chi connectivity index (χ4n) is 1.48. The molecular weight excluding hydrogens is 296 g/mol. The molecule has 9 nitrogen and oxygen atoms in total. The molecule has 0 atom stereocenters. The Hall–Kier alpha value is -1.52. The second kappa shape index (κ2) is 5.63. The normalized spacial score (nSPS) is 11.9. The van der Waals surface area contributed by atoms with Crippen LogP contribution in [0.4, 0.5) is 0 Å². The molecule has 2 heterocycles. The van der Waals surface area contributed by atoms with Crippen LogP contribution in [-0.2, 0) is 26.9 Å². The average molecular weight is 307 g/mol.